The molecule has 4 nitrogen and oxygen atoms in total. The molecule has 0 aromatic heterocycles. The van der Waals surface area contributed by atoms with Crippen LogP contribution in [0.5, 0.6) is 0 Å². The van der Waals surface area contributed by atoms with Gasteiger partial charge in [0, 0.05) is 19.1 Å². The van der Waals surface area contributed by atoms with Crippen LogP contribution in [0.3, 0.4) is 0 Å². The van der Waals surface area contributed by atoms with Crippen molar-refractivity contribution in [3.05, 3.63) is 0 Å². The molecule has 0 radical (unpaired) electrons. The number of hydrogen-bond acceptors (Lipinski definition) is 4. The zero-order valence-corrected chi connectivity index (χ0v) is 12.4. The van der Waals surface area contributed by atoms with Gasteiger partial charge in [0.15, 0.2) is 0 Å². The third kappa shape index (κ3) is 3.49. The summed E-state index contributed by atoms with van der Waals surface area (Å²) < 4.78 is 13.6. The predicted molar refractivity (Wildman–Crippen MR) is 71.0 cm³/mol. The Kier molecular flexibility index (Phi) is 5.85. The lowest BCUT2D eigenvalue weighted by Gasteiger charge is -2.30. The third-order valence-corrected chi connectivity index (χ3v) is 6.16. The minimum atomic E-state index is -2.22. The van der Waals surface area contributed by atoms with Crippen molar-refractivity contribution in [2.24, 2.45) is 0 Å². The highest BCUT2D eigenvalue weighted by atomic mass is 32.5. The van der Waals surface area contributed by atoms with Crippen molar-refractivity contribution in [2.75, 3.05) is 33.0 Å². The average Bonchev–Trinajstić information content (AvgIpc) is 2.67. The average molecular weight is 266 g/mol. The molecule has 0 aliphatic carbocycles. The first-order chi connectivity index (χ1) is 7.53. The fourth-order valence-electron chi connectivity index (χ4n) is 1.74. The standard InChI is InChI=1S/C10H23N2O2PS/c1-5-13-15(16,14-6-2)12-8-7-11(9-12)10(3)4/h10H,5-9H2,1-4H3. The summed E-state index contributed by atoms with van der Waals surface area (Å²) >= 11 is 5.57. The molecule has 0 amide bonds. The first-order valence-electron chi connectivity index (χ1n) is 5.92. The Morgan fingerprint density at radius 3 is 2.12 bits per heavy atom. The molecular weight excluding hydrogens is 243 g/mol. The molecule has 0 saturated carbocycles. The quantitative estimate of drug-likeness (QED) is 0.687. The topological polar surface area (TPSA) is 24.9 Å². The van der Waals surface area contributed by atoms with Gasteiger partial charge in [-0.3, -0.25) is 4.90 Å². The number of rotatable bonds is 6. The Hall–Kier alpha value is 0.490. The zero-order chi connectivity index (χ0) is 12.2. The van der Waals surface area contributed by atoms with Gasteiger partial charge in [0.1, 0.15) is 0 Å². The van der Waals surface area contributed by atoms with Crippen molar-refractivity contribution in [3.63, 3.8) is 0 Å². The smallest absolute Gasteiger partial charge is 0.265 e. The maximum absolute atomic E-state index is 5.68. The lowest BCUT2D eigenvalue weighted by molar-refractivity contribution is 0.200. The number of hydrogen-bond donors (Lipinski definition) is 0. The Labute approximate surface area is 104 Å². The van der Waals surface area contributed by atoms with E-state index in [9.17, 15) is 0 Å². The fraction of sp³-hybridized carbons (Fsp3) is 1.00. The van der Waals surface area contributed by atoms with E-state index in [1.807, 2.05) is 13.8 Å². The summed E-state index contributed by atoms with van der Waals surface area (Å²) in [6.45, 7) is 10.2. The van der Waals surface area contributed by atoms with Crippen molar-refractivity contribution in [1.29, 1.82) is 0 Å². The van der Waals surface area contributed by atoms with Gasteiger partial charge < -0.3 is 9.05 Å². The molecular formula is C10H23N2O2PS. The summed E-state index contributed by atoms with van der Waals surface area (Å²) in [5.74, 6) is 0. The molecule has 0 aromatic carbocycles. The van der Waals surface area contributed by atoms with Crippen LogP contribution in [0.15, 0.2) is 0 Å². The summed E-state index contributed by atoms with van der Waals surface area (Å²) in [6.07, 6.45) is 0. The van der Waals surface area contributed by atoms with Gasteiger partial charge in [-0.1, -0.05) is 0 Å². The van der Waals surface area contributed by atoms with Gasteiger partial charge in [0.2, 0.25) is 0 Å². The van der Waals surface area contributed by atoms with E-state index in [0.29, 0.717) is 19.3 Å². The summed E-state index contributed by atoms with van der Waals surface area (Å²) in [7, 11) is 0. The van der Waals surface area contributed by atoms with E-state index >= 15 is 0 Å². The molecule has 1 fully saturated rings. The van der Waals surface area contributed by atoms with Crippen LogP contribution < -0.4 is 0 Å². The van der Waals surface area contributed by atoms with E-state index < -0.39 is 6.64 Å². The zero-order valence-electron chi connectivity index (χ0n) is 10.7. The highest BCUT2D eigenvalue weighted by molar-refractivity contribution is 8.08. The van der Waals surface area contributed by atoms with E-state index in [4.69, 9.17) is 20.9 Å². The minimum absolute atomic E-state index is 0.553. The Balaban J connectivity index is 2.64. The largest absolute Gasteiger partial charge is 0.318 e. The first-order valence-corrected chi connectivity index (χ1v) is 8.51. The van der Waals surface area contributed by atoms with Crippen LogP contribution in [0.2, 0.25) is 0 Å². The highest BCUT2D eigenvalue weighted by Crippen LogP contribution is 2.53. The highest BCUT2D eigenvalue weighted by Gasteiger charge is 2.34. The SMILES string of the molecule is CCOP(=S)(OCC)N1CCN(C(C)C)C1. The van der Waals surface area contributed by atoms with E-state index in [0.717, 1.165) is 19.8 Å². The molecule has 0 aromatic rings. The molecule has 1 aliphatic heterocycles. The maximum atomic E-state index is 5.68. The monoisotopic (exact) mass is 266 g/mol. The molecule has 1 rings (SSSR count). The second-order valence-electron chi connectivity index (χ2n) is 4.08. The van der Waals surface area contributed by atoms with Crippen LogP contribution in [-0.4, -0.2) is 48.6 Å². The normalized spacial score (nSPS) is 19.8. The summed E-state index contributed by atoms with van der Waals surface area (Å²) in [6, 6.07) is 0.553. The third-order valence-electron chi connectivity index (χ3n) is 2.65. The van der Waals surface area contributed by atoms with Gasteiger partial charge in [0.25, 0.3) is 6.64 Å². The van der Waals surface area contributed by atoms with Gasteiger partial charge in [-0.25, -0.2) is 4.67 Å². The lowest BCUT2D eigenvalue weighted by Crippen LogP contribution is -2.30. The van der Waals surface area contributed by atoms with Crippen molar-refractivity contribution in [1.82, 2.24) is 9.57 Å². The first kappa shape index (κ1) is 14.6. The Bertz CT molecular complexity index is 253. The van der Waals surface area contributed by atoms with Crippen LogP contribution >= 0.6 is 6.64 Å². The second kappa shape index (κ2) is 6.43. The summed E-state index contributed by atoms with van der Waals surface area (Å²) in [5.41, 5.74) is 0. The van der Waals surface area contributed by atoms with E-state index in [1.54, 1.807) is 0 Å². The van der Waals surface area contributed by atoms with Crippen molar-refractivity contribution in [2.45, 2.75) is 33.7 Å². The molecule has 0 N–H and O–H groups in total. The molecule has 0 atom stereocenters. The van der Waals surface area contributed by atoms with Crippen LogP contribution in [0.25, 0.3) is 0 Å². The van der Waals surface area contributed by atoms with Crippen LogP contribution in [0.4, 0.5) is 0 Å². The van der Waals surface area contributed by atoms with Gasteiger partial charge in [-0.05, 0) is 39.5 Å². The van der Waals surface area contributed by atoms with Crippen molar-refractivity contribution < 1.29 is 9.05 Å². The van der Waals surface area contributed by atoms with E-state index in [-0.39, 0.29) is 0 Å². The molecule has 1 aliphatic rings. The van der Waals surface area contributed by atoms with Gasteiger partial charge in [-0.15, -0.1) is 0 Å². The van der Waals surface area contributed by atoms with Gasteiger partial charge >= 0.3 is 0 Å². The molecule has 96 valence electrons. The minimum Gasteiger partial charge on any atom is -0.318 e. The number of nitrogens with zero attached hydrogens (tertiary/aromatic N) is 2. The van der Waals surface area contributed by atoms with Crippen LogP contribution in [0, 0.1) is 0 Å². The van der Waals surface area contributed by atoms with E-state index in [1.165, 1.54) is 0 Å². The molecule has 1 heterocycles. The lowest BCUT2D eigenvalue weighted by atomic mass is 10.3. The molecule has 0 unspecified atom stereocenters. The Morgan fingerprint density at radius 2 is 1.75 bits per heavy atom. The molecule has 16 heavy (non-hydrogen) atoms. The van der Waals surface area contributed by atoms with E-state index in [2.05, 4.69) is 23.4 Å². The molecule has 0 bridgehead atoms. The van der Waals surface area contributed by atoms with Crippen LogP contribution in [-0.2, 0) is 20.9 Å². The van der Waals surface area contributed by atoms with Crippen molar-refractivity contribution in [3.8, 4) is 0 Å². The second-order valence-corrected chi connectivity index (χ2v) is 7.49. The van der Waals surface area contributed by atoms with Gasteiger partial charge in [-0.2, -0.15) is 0 Å². The fourth-order valence-corrected chi connectivity index (χ4v) is 4.48. The summed E-state index contributed by atoms with van der Waals surface area (Å²) in [5, 5.41) is 0. The maximum Gasteiger partial charge on any atom is 0.265 e. The van der Waals surface area contributed by atoms with Crippen molar-refractivity contribution >= 4 is 18.4 Å². The van der Waals surface area contributed by atoms with Crippen LogP contribution in [0.1, 0.15) is 27.7 Å². The van der Waals surface area contributed by atoms with Gasteiger partial charge in [0.05, 0.1) is 19.9 Å². The summed E-state index contributed by atoms with van der Waals surface area (Å²) in [4.78, 5) is 2.39. The molecule has 6 heteroatoms. The Morgan fingerprint density at radius 1 is 1.19 bits per heavy atom. The molecule has 1 saturated heterocycles. The molecule has 0 spiro atoms. The predicted octanol–water partition coefficient (Wildman–Crippen LogP) is 2.27.